The molecule has 4 nitrogen and oxygen atoms in total. The molecule has 0 saturated heterocycles. The Morgan fingerprint density at radius 2 is 2.38 bits per heavy atom. The van der Waals surface area contributed by atoms with Crippen LogP contribution in [0.1, 0.15) is 31.4 Å². The minimum Gasteiger partial charge on any atom is -0.398 e. The number of nitrogen functional groups attached to an aromatic ring is 1. The van der Waals surface area contributed by atoms with Gasteiger partial charge in [-0.05, 0) is 25.5 Å². The van der Waals surface area contributed by atoms with Crippen molar-refractivity contribution in [2.24, 2.45) is 0 Å². The summed E-state index contributed by atoms with van der Waals surface area (Å²) in [5.41, 5.74) is 7.80. The highest BCUT2D eigenvalue weighted by molar-refractivity contribution is 5.46. The first kappa shape index (κ1) is 12.9. The van der Waals surface area contributed by atoms with Gasteiger partial charge < -0.3 is 15.8 Å². The second kappa shape index (κ2) is 7.19. The molecule has 1 heterocycles. The summed E-state index contributed by atoms with van der Waals surface area (Å²) in [4.78, 5) is 4.12. The van der Waals surface area contributed by atoms with Gasteiger partial charge >= 0.3 is 0 Å². The minimum absolute atomic E-state index is 0.230. The second-order valence-corrected chi connectivity index (χ2v) is 3.79. The summed E-state index contributed by atoms with van der Waals surface area (Å²) in [6, 6.07) is 2.07. The summed E-state index contributed by atoms with van der Waals surface area (Å²) in [5, 5.41) is 3.46. The third-order valence-electron chi connectivity index (χ3n) is 2.51. The molecule has 3 N–H and O–H groups in total. The molecule has 0 aliphatic carbocycles. The van der Waals surface area contributed by atoms with Crippen molar-refractivity contribution in [3.63, 3.8) is 0 Å². The second-order valence-electron chi connectivity index (χ2n) is 3.79. The number of nitrogens with one attached hydrogen (secondary N) is 1. The van der Waals surface area contributed by atoms with Crippen molar-refractivity contribution in [1.82, 2.24) is 10.3 Å². The zero-order valence-corrected chi connectivity index (χ0v) is 10.1. The Morgan fingerprint density at radius 1 is 1.56 bits per heavy atom. The number of hydrogen-bond donors (Lipinski definition) is 2. The number of pyridine rings is 1. The molecule has 0 aromatic carbocycles. The number of hydrogen-bond acceptors (Lipinski definition) is 4. The molecule has 0 fully saturated rings. The van der Waals surface area contributed by atoms with E-state index in [1.54, 1.807) is 13.3 Å². The number of rotatable bonds is 7. The average molecular weight is 223 g/mol. The Morgan fingerprint density at radius 3 is 3.00 bits per heavy atom. The Labute approximate surface area is 97.2 Å². The van der Waals surface area contributed by atoms with Gasteiger partial charge in [-0.1, -0.05) is 6.92 Å². The Kier molecular flexibility index (Phi) is 5.82. The smallest absolute Gasteiger partial charge is 0.0480 e. The molecule has 0 radical (unpaired) electrons. The molecule has 1 rings (SSSR count). The molecule has 4 heteroatoms. The summed E-state index contributed by atoms with van der Waals surface area (Å²) >= 11 is 0. The predicted octanol–water partition coefficient (Wildman–Crippen LogP) is 1.74. The van der Waals surface area contributed by atoms with Crippen molar-refractivity contribution < 1.29 is 4.74 Å². The highest BCUT2D eigenvalue weighted by Crippen LogP contribution is 2.21. The number of aromatic nitrogens is 1. The third kappa shape index (κ3) is 3.79. The third-order valence-corrected chi connectivity index (χ3v) is 2.51. The summed E-state index contributed by atoms with van der Waals surface area (Å²) in [6.45, 7) is 3.84. The molecule has 0 aliphatic heterocycles. The summed E-state index contributed by atoms with van der Waals surface area (Å²) < 4.78 is 5.11. The number of methoxy groups -OCH3 is 1. The number of nitrogens with two attached hydrogens (primary N) is 1. The largest absolute Gasteiger partial charge is 0.398 e. The van der Waals surface area contributed by atoms with Crippen LogP contribution in [0.4, 0.5) is 5.69 Å². The summed E-state index contributed by atoms with van der Waals surface area (Å²) in [5.74, 6) is 0. The van der Waals surface area contributed by atoms with Crippen LogP contribution in [0.3, 0.4) is 0 Å². The lowest BCUT2D eigenvalue weighted by atomic mass is 10.0. The summed E-state index contributed by atoms with van der Waals surface area (Å²) in [7, 11) is 1.71. The van der Waals surface area contributed by atoms with Gasteiger partial charge in [0.05, 0.1) is 0 Å². The van der Waals surface area contributed by atoms with Crippen LogP contribution in [-0.2, 0) is 4.74 Å². The number of nitrogens with zero attached hydrogens (tertiary/aromatic N) is 1. The molecule has 1 aromatic rings. The molecule has 0 bridgehead atoms. The van der Waals surface area contributed by atoms with Crippen molar-refractivity contribution in [2.45, 2.75) is 25.8 Å². The van der Waals surface area contributed by atoms with Crippen molar-refractivity contribution in [3.8, 4) is 0 Å². The molecule has 0 amide bonds. The topological polar surface area (TPSA) is 60.2 Å². The lowest BCUT2D eigenvalue weighted by molar-refractivity contribution is 0.183. The minimum atomic E-state index is 0.230. The van der Waals surface area contributed by atoms with Crippen molar-refractivity contribution in [2.75, 3.05) is 26.0 Å². The summed E-state index contributed by atoms with van der Waals surface area (Å²) in [6.07, 6.45) is 5.56. The zero-order valence-electron chi connectivity index (χ0n) is 10.1. The number of anilines is 1. The van der Waals surface area contributed by atoms with Gasteiger partial charge in [0.1, 0.15) is 0 Å². The van der Waals surface area contributed by atoms with Crippen molar-refractivity contribution >= 4 is 5.69 Å². The van der Waals surface area contributed by atoms with E-state index < -0.39 is 0 Å². The van der Waals surface area contributed by atoms with E-state index >= 15 is 0 Å². The normalized spacial score (nSPS) is 12.6. The number of ether oxygens (including phenoxy) is 1. The maximum Gasteiger partial charge on any atom is 0.0480 e. The Hall–Kier alpha value is -1.13. The van der Waals surface area contributed by atoms with E-state index in [1.165, 1.54) is 0 Å². The van der Waals surface area contributed by atoms with Crippen LogP contribution in [-0.4, -0.2) is 25.2 Å². The van der Waals surface area contributed by atoms with Gasteiger partial charge in [-0.25, -0.2) is 0 Å². The van der Waals surface area contributed by atoms with Crippen LogP contribution in [0.5, 0.6) is 0 Å². The highest BCUT2D eigenvalue weighted by Gasteiger charge is 2.13. The molecule has 16 heavy (non-hydrogen) atoms. The molecule has 90 valence electrons. The zero-order chi connectivity index (χ0) is 11.8. The quantitative estimate of drug-likeness (QED) is 0.739. The Balaban J connectivity index is 2.70. The van der Waals surface area contributed by atoms with E-state index in [9.17, 15) is 0 Å². The van der Waals surface area contributed by atoms with E-state index in [4.69, 9.17) is 10.5 Å². The Bertz CT molecular complexity index is 296. The van der Waals surface area contributed by atoms with E-state index in [1.807, 2.05) is 12.3 Å². The SMILES string of the molecule is CCCNC(CCOC)c1cnccc1N. The average Bonchev–Trinajstić information content (AvgIpc) is 2.31. The maximum atomic E-state index is 5.94. The van der Waals surface area contributed by atoms with Gasteiger partial charge in [0, 0.05) is 43.4 Å². The maximum absolute atomic E-state index is 5.94. The van der Waals surface area contributed by atoms with E-state index in [0.717, 1.165) is 37.2 Å². The fourth-order valence-corrected chi connectivity index (χ4v) is 1.63. The first-order chi connectivity index (χ1) is 7.79. The van der Waals surface area contributed by atoms with Crippen molar-refractivity contribution in [1.29, 1.82) is 0 Å². The fourth-order valence-electron chi connectivity index (χ4n) is 1.63. The van der Waals surface area contributed by atoms with Gasteiger partial charge in [0.25, 0.3) is 0 Å². The molecule has 1 atom stereocenters. The molecule has 1 unspecified atom stereocenters. The van der Waals surface area contributed by atoms with Gasteiger partial charge in [-0.15, -0.1) is 0 Å². The molecule has 0 aliphatic rings. The monoisotopic (exact) mass is 223 g/mol. The van der Waals surface area contributed by atoms with Crippen LogP contribution in [0, 0.1) is 0 Å². The van der Waals surface area contributed by atoms with E-state index in [0.29, 0.717) is 0 Å². The lowest BCUT2D eigenvalue weighted by Gasteiger charge is -2.19. The van der Waals surface area contributed by atoms with Crippen LogP contribution in [0.2, 0.25) is 0 Å². The van der Waals surface area contributed by atoms with Gasteiger partial charge in [-0.2, -0.15) is 0 Å². The van der Waals surface area contributed by atoms with Gasteiger partial charge in [0.15, 0.2) is 0 Å². The van der Waals surface area contributed by atoms with Crippen LogP contribution < -0.4 is 11.1 Å². The standard InChI is InChI=1S/C12H21N3O/c1-3-6-15-12(5-8-16-2)10-9-14-7-4-11(10)13/h4,7,9,12,15H,3,5-6,8H2,1-2H3,(H2,13,14). The molecule has 0 spiro atoms. The molecular formula is C12H21N3O. The first-order valence-corrected chi connectivity index (χ1v) is 5.71. The highest BCUT2D eigenvalue weighted by atomic mass is 16.5. The first-order valence-electron chi connectivity index (χ1n) is 5.71. The van der Waals surface area contributed by atoms with E-state index in [2.05, 4.69) is 17.2 Å². The van der Waals surface area contributed by atoms with Gasteiger partial charge in [0.2, 0.25) is 0 Å². The van der Waals surface area contributed by atoms with E-state index in [-0.39, 0.29) is 6.04 Å². The fraction of sp³-hybridized carbons (Fsp3) is 0.583. The van der Waals surface area contributed by atoms with Crippen LogP contribution in [0.15, 0.2) is 18.5 Å². The van der Waals surface area contributed by atoms with Crippen LogP contribution in [0.25, 0.3) is 0 Å². The van der Waals surface area contributed by atoms with Crippen LogP contribution >= 0.6 is 0 Å². The van der Waals surface area contributed by atoms with Crippen molar-refractivity contribution in [3.05, 3.63) is 24.0 Å². The molecule has 0 saturated carbocycles. The predicted molar refractivity (Wildman–Crippen MR) is 66.2 cm³/mol. The lowest BCUT2D eigenvalue weighted by Crippen LogP contribution is -2.24. The van der Waals surface area contributed by atoms with Gasteiger partial charge in [-0.3, -0.25) is 4.98 Å². The molecular weight excluding hydrogens is 202 g/mol. The molecule has 1 aromatic heterocycles.